The molecule has 0 radical (unpaired) electrons. The minimum atomic E-state index is 0.536. The van der Waals surface area contributed by atoms with Gasteiger partial charge in [0.15, 0.2) is 0 Å². The highest BCUT2D eigenvalue weighted by molar-refractivity contribution is 7.09. The normalized spacial score (nSPS) is 11.9. The van der Waals surface area contributed by atoms with E-state index in [1.807, 2.05) is 11.3 Å². The molecular weight excluding hydrogens is 188 g/mol. The van der Waals surface area contributed by atoms with Crippen LogP contribution in [-0.4, -0.2) is 0 Å². The molecule has 0 aliphatic heterocycles. The summed E-state index contributed by atoms with van der Waals surface area (Å²) in [5.41, 5.74) is 0.536. The maximum atomic E-state index is 2.44. The Hall–Kier alpha value is -0.300. The van der Waals surface area contributed by atoms with Crippen molar-refractivity contribution in [3.8, 4) is 0 Å². The Morgan fingerprint density at radius 3 is 2.29 bits per heavy atom. The average molecular weight is 210 g/mol. The number of thiophene rings is 1. The number of hydrogen-bond acceptors (Lipinski definition) is 1. The molecule has 1 aromatic rings. The molecule has 0 saturated heterocycles. The second kappa shape index (κ2) is 5.55. The summed E-state index contributed by atoms with van der Waals surface area (Å²) < 4.78 is 0. The van der Waals surface area contributed by atoms with Crippen LogP contribution in [0.3, 0.4) is 0 Å². The zero-order chi connectivity index (χ0) is 10.4. The van der Waals surface area contributed by atoms with Crippen molar-refractivity contribution in [1.29, 1.82) is 0 Å². The summed E-state index contributed by atoms with van der Waals surface area (Å²) in [7, 11) is 0. The Bertz CT molecular complexity index is 230. The van der Waals surface area contributed by atoms with Crippen LogP contribution in [0.4, 0.5) is 0 Å². The van der Waals surface area contributed by atoms with Crippen LogP contribution < -0.4 is 0 Å². The van der Waals surface area contributed by atoms with Gasteiger partial charge in [0.25, 0.3) is 0 Å². The van der Waals surface area contributed by atoms with Crippen LogP contribution in [0.15, 0.2) is 17.5 Å². The zero-order valence-corrected chi connectivity index (χ0v) is 10.5. The summed E-state index contributed by atoms with van der Waals surface area (Å²) in [6, 6.07) is 4.44. The molecule has 80 valence electrons. The monoisotopic (exact) mass is 210 g/mol. The first-order valence-electron chi connectivity index (χ1n) is 5.72. The number of rotatable bonds is 6. The molecule has 0 nitrogen and oxygen atoms in total. The Morgan fingerprint density at radius 1 is 1.21 bits per heavy atom. The van der Waals surface area contributed by atoms with Gasteiger partial charge >= 0.3 is 0 Å². The maximum absolute atomic E-state index is 2.44. The second-order valence-electron chi connectivity index (χ2n) is 4.57. The summed E-state index contributed by atoms with van der Waals surface area (Å²) in [5, 5.41) is 2.19. The third-order valence-electron chi connectivity index (χ3n) is 2.89. The Labute approximate surface area is 92.4 Å². The Balaban J connectivity index is 2.58. The molecule has 0 N–H and O–H groups in total. The standard InChI is InChI=1S/C13H22S/c1-4-8-13(3,9-5-2)11-12-7-6-10-14-12/h6-7,10H,4-5,8-9,11H2,1-3H3. The lowest BCUT2D eigenvalue weighted by molar-refractivity contribution is 0.266. The molecule has 0 aliphatic rings. The highest BCUT2D eigenvalue weighted by Gasteiger charge is 2.22. The molecule has 0 fully saturated rings. The summed E-state index contributed by atoms with van der Waals surface area (Å²) in [5.74, 6) is 0. The predicted molar refractivity (Wildman–Crippen MR) is 65.9 cm³/mol. The molecule has 1 aromatic heterocycles. The molecule has 0 saturated carbocycles. The minimum absolute atomic E-state index is 0.536. The van der Waals surface area contributed by atoms with E-state index in [4.69, 9.17) is 0 Å². The first kappa shape index (κ1) is 11.8. The second-order valence-corrected chi connectivity index (χ2v) is 5.60. The van der Waals surface area contributed by atoms with Gasteiger partial charge in [-0.05, 0) is 36.1 Å². The molecular formula is C13H22S. The SMILES string of the molecule is CCCC(C)(CCC)Cc1cccs1. The van der Waals surface area contributed by atoms with Gasteiger partial charge in [0.1, 0.15) is 0 Å². The molecule has 0 amide bonds. The lowest BCUT2D eigenvalue weighted by atomic mass is 9.78. The average Bonchev–Trinajstić information content (AvgIpc) is 2.57. The predicted octanol–water partition coefficient (Wildman–Crippen LogP) is 4.90. The molecule has 0 unspecified atom stereocenters. The van der Waals surface area contributed by atoms with Crippen molar-refractivity contribution in [2.75, 3.05) is 0 Å². The van der Waals surface area contributed by atoms with Gasteiger partial charge in [-0.3, -0.25) is 0 Å². The van der Waals surface area contributed by atoms with Crippen molar-refractivity contribution in [1.82, 2.24) is 0 Å². The van der Waals surface area contributed by atoms with E-state index in [9.17, 15) is 0 Å². The van der Waals surface area contributed by atoms with Gasteiger partial charge in [-0.25, -0.2) is 0 Å². The van der Waals surface area contributed by atoms with Crippen LogP contribution in [0.25, 0.3) is 0 Å². The van der Waals surface area contributed by atoms with Crippen molar-refractivity contribution in [3.05, 3.63) is 22.4 Å². The summed E-state index contributed by atoms with van der Waals surface area (Å²) in [4.78, 5) is 1.55. The fourth-order valence-corrected chi connectivity index (χ4v) is 3.26. The van der Waals surface area contributed by atoms with Crippen molar-refractivity contribution in [2.45, 2.75) is 52.9 Å². The minimum Gasteiger partial charge on any atom is -0.149 e. The van der Waals surface area contributed by atoms with E-state index < -0.39 is 0 Å². The van der Waals surface area contributed by atoms with Crippen LogP contribution >= 0.6 is 11.3 Å². The van der Waals surface area contributed by atoms with Crippen LogP contribution in [0, 0.1) is 5.41 Å². The van der Waals surface area contributed by atoms with Gasteiger partial charge in [-0.2, -0.15) is 0 Å². The molecule has 1 rings (SSSR count). The summed E-state index contributed by atoms with van der Waals surface area (Å²) >= 11 is 1.90. The van der Waals surface area contributed by atoms with Gasteiger partial charge < -0.3 is 0 Å². The van der Waals surface area contributed by atoms with Crippen LogP contribution in [0.2, 0.25) is 0 Å². The molecule has 0 aliphatic carbocycles. The van der Waals surface area contributed by atoms with E-state index >= 15 is 0 Å². The lowest BCUT2D eigenvalue weighted by Gasteiger charge is -2.28. The van der Waals surface area contributed by atoms with Gasteiger partial charge in [-0.15, -0.1) is 11.3 Å². The van der Waals surface area contributed by atoms with Crippen molar-refractivity contribution in [3.63, 3.8) is 0 Å². The molecule has 0 atom stereocenters. The van der Waals surface area contributed by atoms with E-state index in [0.717, 1.165) is 0 Å². The van der Waals surface area contributed by atoms with E-state index in [0.29, 0.717) is 5.41 Å². The van der Waals surface area contributed by atoms with Gasteiger partial charge in [-0.1, -0.05) is 39.7 Å². The molecule has 0 spiro atoms. The van der Waals surface area contributed by atoms with Crippen LogP contribution in [0.1, 0.15) is 51.3 Å². The largest absolute Gasteiger partial charge is 0.149 e. The highest BCUT2D eigenvalue weighted by atomic mass is 32.1. The van der Waals surface area contributed by atoms with Gasteiger partial charge in [0.05, 0.1) is 0 Å². The van der Waals surface area contributed by atoms with Crippen molar-refractivity contribution in [2.24, 2.45) is 5.41 Å². The number of hydrogen-bond donors (Lipinski definition) is 0. The molecule has 0 aromatic carbocycles. The Morgan fingerprint density at radius 2 is 1.86 bits per heavy atom. The quantitative estimate of drug-likeness (QED) is 0.626. The fraction of sp³-hybridized carbons (Fsp3) is 0.692. The maximum Gasteiger partial charge on any atom is 0.00506 e. The topological polar surface area (TPSA) is 0 Å². The summed E-state index contributed by atoms with van der Waals surface area (Å²) in [6.07, 6.45) is 6.60. The van der Waals surface area contributed by atoms with Crippen molar-refractivity contribution < 1.29 is 0 Å². The van der Waals surface area contributed by atoms with Crippen LogP contribution in [0.5, 0.6) is 0 Å². The van der Waals surface area contributed by atoms with Gasteiger partial charge in [0, 0.05) is 4.88 Å². The lowest BCUT2D eigenvalue weighted by Crippen LogP contribution is -2.18. The van der Waals surface area contributed by atoms with Crippen molar-refractivity contribution >= 4 is 11.3 Å². The van der Waals surface area contributed by atoms with E-state index in [-0.39, 0.29) is 0 Å². The molecule has 1 heteroatoms. The molecule has 0 bridgehead atoms. The Kier molecular flexibility index (Phi) is 4.67. The van der Waals surface area contributed by atoms with Gasteiger partial charge in [0.2, 0.25) is 0 Å². The van der Waals surface area contributed by atoms with E-state index in [2.05, 4.69) is 38.3 Å². The first-order valence-corrected chi connectivity index (χ1v) is 6.60. The zero-order valence-electron chi connectivity index (χ0n) is 9.68. The highest BCUT2D eigenvalue weighted by Crippen LogP contribution is 2.34. The first-order chi connectivity index (χ1) is 6.70. The van der Waals surface area contributed by atoms with Crippen LogP contribution in [-0.2, 0) is 6.42 Å². The fourth-order valence-electron chi connectivity index (χ4n) is 2.34. The molecule has 1 heterocycles. The van der Waals surface area contributed by atoms with E-state index in [1.54, 1.807) is 4.88 Å². The third kappa shape index (κ3) is 3.45. The third-order valence-corrected chi connectivity index (χ3v) is 3.76. The smallest absolute Gasteiger partial charge is 0.00506 e. The molecule has 14 heavy (non-hydrogen) atoms. The van der Waals surface area contributed by atoms with E-state index in [1.165, 1.54) is 32.1 Å². The summed E-state index contributed by atoms with van der Waals surface area (Å²) in [6.45, 7) is 7.03.